The van der Waals surface area contributed by atoms with Crippen LogP contribution in [0.15, 0.2) is 40.5 Å². The Morgan fingerprint density at radius 1 is 1.30 bits per heavy atom. The largest absolute Gasteiger partial charge is 0.468 e. The van der Waals surface area contributed by atoms with Crippen LogP contribution < -0.4 is 0 Å². The average Bonchev–Trinajstić information content (AvgIpc) is 2.64. The number of carbonyl (C=O) groups is 2. The topological polar surface area (TPSA) is 108 Å². The van der Waals surface area contributed by atoms with Crippen molar-refractivity contribution in [2.45, 2.75) is 33.1 Å². The Bertz CT molecular complexity index is 827. The summed E-state index contributed by atoms with van der Waals surface area (Å²) in [4.78, 5) is 40.2. The van der Waals surface area contributed by atoms with Gasteiger partial charge in [0.05, 0.1) is 24.2 Å². The van der Waals surface area contributed by atoms with Gasteiger partial charge in [-0.05, 0) is 25.8 Å². The molecule has 0 saturated carbocycles. The van der Waals surface area contributed by atoms with Gasteiger partial charge in [-0.25, -0.2) is 4.79 Å². The summed E-state index contributed by atoms with van der Waals surface area (Å²) in [6.45, 7) is 5.42. The van der Waals surface area contributed by atoms with Gasteiger partial charge in [0.2, 0.25) is 0 Å². The predicted octanol–water partition coefficient (Wildman–Crippen LogP) is 3.17. The molecule has 0 fully saturated rings. The van der Waals surface area contributed by atoms with Crippen LogP contribution in [0.5, 0.6) is 0 Å². The van der Waals surface area contributed by atoms with E-state index in [0.717, 1.165) is 0 Å². The van der Waals surface area contributed by atoms with Crippen LogP contribution in [-0.2, 0) is 19.1 Å². The average molecular weight is 374 g/mol. The lowest BCUT2D eigenvalue weighted by molar-refractivity contribution is -0.384. The molecule has 1 aromatic rings. The van der Waals surface area contributed by atoms with Crippen molar-refractivity contribution in [1.29, 1.82) is 0 Å². The van der Waals surface area contributed by atoms with Crippen molar-refractivity contribution in [3.05, 3.63) is 51.2 Å². The molecule has 0 radical (unpaired) electrons. The van der Waals surface area contributed by atoms with E-state index in [1.165, 1.54) is 25.3 Å². The van der Waals surface area contributed by atoms with Gasteiger partial charge in [-0.3, -0.25) is 19.9 Å². The number of ether oxygens (including phenoxy) is 2. The van der Waals surface area contributed by atoms with Crippen molar-refractivity contribution in [2.24, 2.45) is 10.9 Å². The van der Waals surface area contributed by atoms with E-state index in [9.17, 15) is 19.7 Å². The Hall–Kier alpha value is -3.03. The lowest BCUT2D eigenvalue weighted by atomic mass is 9.75. The summed E-state index contributed by atoms with van der Waals surface area (Å²) in [5.41, 5.74) is 1.44. The van der Waals surface area contributed by atoms with Crippen LogP contribution in [-0.4, -0.2) is 36.3 Å². The molecule has 0 N–H and O–H groups in total. The summed E-state index contributed by atoms with van der Waals surface area (Å²) in [7, 11) is 1.25. The lowest BCUT2D eigenvalue weighted by Crippen LogP contribution is -2.36. The van der Waals surface area contributed by atoms with Crippen LogP contribution >= 0.6 is 0 Å². The molecule has 1 unspecified atom stereocenters. The van der Waals surface area contributed by atoms with Gasteiger partial charge in [0.15, 0.2) is 0 Å². The molecule has 0 saturated heterocycles. The van der Waals surface area contributed by atoms with Gasteiger partial charge in [-0.2, -0.15) is 0 Å². The maximum absolute atomic E-state index is 12.7. The molecule has 144 valence electrons. The molecule has 2 atom stereocenters. The second kappa shape index (κ2) is 8.57. The summed E-state index contributed by atoms with van der Waals surface area (Å²) in [5.74, 6) is -2.80. The van der Waals surface area contributed by atoms with Crippen LogP contribution in [0.2, 0.25) is 0 Å². The molecule has 27 heavy (non-hydrogen) atoms. The summed E-state index contributed by atoms with van der Waals surface area (Å²) in [6.07, 6.45) is 0.641. The highest BCUT2D eigenvalue weighted by molar-refractivity contribution is 6.07. The lowest BCUT2D eigenvalue weighted by Gasteiger charge is -2.31. The van der Waals surface area contributed by atoms with E-state index in [1.807, 2.05) is 6.92 Å². The van der Waals surface area contributed by atoms with Gasteiger partial charge in [0.25, 0.3) is 5.69 Å². The van der Waals surface area contributed by atoms with Gasteiger partial charge in [-0.1, -0.05) is 19.1 Å². The maximum atomic E-state index is 12.7. The number of carbonyl (C=O) groups excluding carboxylic acids is 2. The van der Waals surface area contributed by atoms with E-state index in [1.54, 1.807) is 19.9 Å². The number of nitro benzene ring substituents is 1. The number of hydrogen-bond donors (Lipinski definition) is 0. The molecule has 8 heteroatoms. The fraction of sp³-hybridized carbons (Fsp3) is 0.421. The van der Waals surface area contributed by atoms with E-state index in [-0.39, 0.29) is 17.9 Å². The molecule has 0 bridgehead atoms. The van der Waals surface area contributed by atoms with E-state index in [0.29, 0.717) is 23.4 Å². The molecular formula is C19H22N2O6. The zero-order valence-electron chi connectivity index (χ0n) is 15.7. The van der Waals surface area contributed by atoms with E-state index >= 15 is 0 Å². The fourth-order valence-electron chi connectivity index (χ4n) is 3.20. The number of allylic oxidation sites excluding steroid dienone is 1. The number of rotatable bonds is 6. The predicted molar refractivity (Wildman–Crippen MR) is 98.4 cm³/mol. The Morgan fingerprint density at radius 3 is 2.59 bits per heavy atom. The maximum Gasteiger partial charge on any atom is 0.336 e. The van der Waals surface area contributed by atoms with Gasteiger partial charge < -0.3 is 9.47 Å². The third-order valence-corrected chi connectivity index (χ3v) is 4.38. The zero-order chi connectivity index (χ0) is 20.1. The summed E-state index contributed by atoms with van der Waals surface area (Å²) in [6, 6.07) is 5.88. The minimum Gasteiger partial charge on any atom is -0.468 e. The van der Waals surface area contributed by atoms with Crippen molar-refractivity contribution < 1.29 is 24.0 Å². The minimum atomic E-state index is -0.870. The number of non-ortho nitro benzene ring substituents is 1. The zero-order valence-corrected chi connectivity index (χ0v) is 15.7. The quantitative estimate of drug-likeness (QED) is 0.430. The fourth-order valence-corrected chi connectivity index (χ4v) is 3.20. The number of esters is 2. The molecule has 0 aliphatic carbocycles. The highest BCUT2D eigenvalue weighted by atomic mass is 16.6. The smallest absolute Gasteiger partial charge is 0.336 e. The number of aliphatic imine (C=N–C) groups is 1. The first-order valence-electron chi connectivity index (χ1n) is 8.57. The number of nitrogens with zero attached hydrogens (tertiary/aromatic N) is 2. The molecule has 1 aromatic carbocycles. The summed E-state index contributed by atoms with van der Waals surface area (Å²) >= 11 is 0. The van der Waals surface area contributed by atoms with Crippen LogP contribution in [0.4, 0.5) is 5.69 Å². The second-order valence-electron chi connectivity index (χ2n) is 6.22. The van der Waals surface area contributed by atoms with Gasteiger partial charge >= 0.3 is 11.9 Å². The van der Waals surface area contributed by atoms with Gasteiger partial charge in [0.1, 0.15) is 5.92 Å². The number of benzene rings is 1. The van der Waals surface area contributed by atoms with Crippen LogP contribution in [0.3, 0.4) is 0 Å². The molecule has 0 aromatic heterocycles. The van der Waals surface area contributed by atoms with Crippen LogP contribution in [0.25, 0.3) is 0 Å². The molecular weight excluding hydrogens is 352 g/mol. The Balaban J connectivity index is 2.64. The van der Waals surface area contributed by atoms with Crippen molar-refractivity contribution in [3.63, 3.8) is 0 Å². The summed E-state index contributed by atoms with van der Waals surface area (Å²) in [5, 5.41) is 11.2. The Morgan fingerprint density at radius 2 is 2.00 bits per heavy atom. The normalized spacial score (nSPS) is 19.3. The van der Waals surface area contributed by atoms with Crippen molar-refractivity contribution in [2.75, 3.05) is 13.7 Å². The van der Waals surface area contributed by atoms with E-state index in [2.05, 4.69) is 4.99 Å². The molecule has 2 rings (SSSR count). The number of nitro groups is 1. The monoisotopic (exact) mass is 374 g/mol. The Labute approximate surface area is 157 Å². The number of hydrogen-bond acceptors (Lipinski definition) is 7. The SMILES string of the molecule is CCCOC(=O)C1=C(C)N=C(C)C(C(=O)OC)[C@H]1c1cccc([N+](=O)[O-])c1. The third-order valence-electron chi connectivity index (χ3n) is 4.38. The molecule has 0 spiro atoms. The van der Waals surface area contributed by atoms with E-state index < -0.39 is 28.7 Å². The Kier molecular flexibility index (Phi) is 6.44. The van der Waals surface area contributed by atoms with Crippen LogP contribution in [0.1, 0.15) is 38.7 Å². The number of methoxy groups -OCH3 is 1. The molecule has 1 heterocycles. The standard InChI is InChI=1S/C19H22N2O6/c1-5-9-27-19(23)16-12(3)20-11(2)15(18(22)26-4)17(16)13-7-6-8-14(10-13)21(24)25/h6-8,10,15,17H,5,9H2,1-4H3/t15?,17-/m1/s1. The summed E-state index contributed by atoms with van der Waals surface area (Å²) < 4.78 is 10.2. The van der Waals surface area contributed by atoms with Gasteiger partial charge in [0, 0.05) is 29.5 Å². The molecule has 8 nitrogen and oxygen atoms in total. The first kappa shape index (κ1) is 20.3. The molecule has 1 aliphatic heterocycles. The van der Waals surface area contributed by atoms with Crippen LogP contribution in [0, 0.1) is 16.0 Å². The third kappa shape index (κ3) is 4.21. The first-order chi connectivity index (χ1) is 12.8. The van der Waals surface area contributed by atoms with Crippen molar-refractivity contribution >= 4 is 23.3 Å². The van der Waals surface area contributed by atoms with Crippen molar-refractivity contribution in [3.8, 4) is 0 Å². The second-order valence-corrected chi connectivity index (χ2v) is 6.22. The highest BCUT2D eigenvalue weighted by Gasteiger charge is 2.42. The molecule has 0 amide bonds. The van der Waals surface area contributed by atoms with Gasteiger partial charge in [-0.15, -0.1) is 0 Å². The molecule has 1 aliphatic rings. The first-order valence-corrected chi connectivity index (χ1v) is 8.57. The van der Waals surface area contributed by atoms with E-state index in [4.69, 9.17) is 9.47 Å². The highest BCUT2D eigenvalue weighted by Crippen LogP contribution is 2.40. The van der Waals surface area contributed by atoms with Crippen molar-refractivity contribution in [1.82, 2.24) is 0 Å². The minimum absolute atomic E-state index is 0.129.